The van der Waals surface area contributed by atoms with E-state index in [1.54, 1.807) is 18.3 Å². The zero-order chi connectivity index (χ0) is 13.2. The number of halogens is 1. The summed E-state index contributed by atoms with van der Waals surface area (Å²) < 4.78 is 5.32. The predicted molar refractivity (Wildman–Crippen MR) is 74.6 cm³/mol. The van der Waals surface area contributed by atoms with E-state index < -0.39 is 0 Å². The SMILES string of the molecule is Nc1noc(-c2ccc(Cl)cc2)c1-c1ccccn1. The van der Waals surface area contributed by atoms with Crippen molar-refractivity contribution in [3.63, 3.8) is 0 Å². The van der Waals surface area contributed by atoms with Crippen molar-refractivity contribution in [3.8, 4) is 22.6 Å². The molecule has 0 aliphatic carbocycles. The molecule has 0 bridgehead atoms. The molecular weight excluding hydrogens is 262 g/mol. The van der Waals surface area contributed by atoms with Crippen LogP contribution in [0.15, 0.2) is 53.2 Å². The van der Waals surface area contributed by atoms with Gasteiger partial charge in [-0.3, -0.25) is 4.98 Å². The van der Waals surface area contributed by atoms with E-state index in [9.17, 15) is 0 Å². The maximum Gasteiger partial charge on any atom is 0.178 e. The molecular formula is C14H10ClN3O. The van der Waals surface area contributed by atoms with Gasteiger partial charge in [0.1, 0.15) is 0 Å². The van der Waals surface area contributed by atoms with Crippen LogP contribution >= 0.6 is 11.6 Å². The van der Waals surface area contributed by atoms with Crippen LogP contribution in [0.25, 0.3) is 22.6 Å². The van der Waals surface area contributed by atoms with Gasteiger partial charge in [-0.15, -0.1) is 0 Å². The Hall–Kier alpha value is -2.33. The zero-order valence-corrected chi connectivity index (χ0v) is 10.6. The molecule has 2 heterocycles. The molecule has 0 fully saturated rings. The molecule has 0 spiro atoms. The number of nitrogens with two attached hydrogens (primary N) is 1. The normalized spacial score (nSPS) is 10.6. The van der Waals surface area contributed by atoms with Crippen LogP contribution in [-0.4, -0.2) is 10.1 Å². The van der Waals surface area contributed by atoms with Crippen molar-refractivity contribution in [1.82, 2.24) is 10.1 Å². The van der Waals surface area contributed by atoms with Gasteiger partial charge >= 0.3 is 0 Å². The lowest BCUT2D eigenvalue weighted by molar-refractivity contribution is 0.436. The second-order valence-corrected chi connectivity index (χ2v) is 4.43. The van der Waals surface area contributed by atoms with Crippen LogP contribution in [0.1, 0.15) is 0 Å². The smallest absolute Gasteiger partial charge is 0.178 e. The third-order valence-corrected chi connectivity index (χ3v) is 3.00. The topological polar surface area (TPSA) is 64.9 Å². The Bertz CT molecular complexity index is 692. The fourth-order valence-corrected chi connectivity index (χ4v) is 1.98. The number of nitrogens with zero attached hydrogens (tertiary/aromatic N) is 2. The molecule has 1 aromatic carbocycles. The first-order chi connectivity index (χ1) is 9.25. The summed E-state index contributed by atoms with van der Waals surface area (Å²) in [5.41, 5.74) is 8.15. The van der Waals surface area contributed by atoms with Crippen LogP contribution in [0.5, 0.6) is 0 Å². The molecule has 19 heavy (non-hydrogen) atoms. The molecule has 0 saturated heterocycles. The average Bonchev–Trinajstić information content (AvgIpc) is 2.82. The average molecular weight is 272 g/mol. The molecule has 0 amide bonds. The van der Waals surface area contributed by atoms with Gasteiger partial charge in [-0.1, -0.05) is 22.8 Å². The van der Waals surface area contributed by atoms with Crippen molar-refractivity contribution >= 4 is 17.4 Å². The third-order valence-electron chi connectivity index (χ3n) is 2.75. The molecule has 0 aliphatic rings. The molecule has 3 rings (SSSR count). The maximum atomic E-state index is 5.88. The lowest BCUT2D eigenvalue weighted by Gasteiger charge is -2.01. The van der Waals surface area contributed by atoms with Crippen molar-refractivity contribution in [2.75, 3.05) is 5.73 Å². The van der Waals surface area contributed by atoms with Gasteiger partial charge in [0.2, 0.25) is 0 Å². The Morgan fingerprint density at radius 3 is 2.53 bits per heavy atom. The van der Waals surface area contributed by atoms with E-state index in [4.69, 9.17) is 21.9 Å². The Labute approximate surface area is 114 Å². The third kappa shape index (κ3) is 2.18. The van der Waals surface area contributed by atoms with Crippen molar-refractivity contribution in [3.05, 3.63) is 53.7 Å². The largest absolute Gasteiger partial charge is 0.380 e. The first kappa shape index (κ1) is 11.7. The number of hydrogen-bond donors (Lipinski definition) is 1. The van der Waals surface area contributed by atoms with Gasteiger partial charge in [0.15, 0.2) is 11.6 Å². The minimum Gasteiger partial charge on any atom is -0.380 e. The highest BCUT2D eigenvalue weighted by molar-refractivity contribution is 6.30. The summed E-state index contributed by atoms with van der Waals surface area (Å²) in [5, 5.41) is 4.48. The summed E-state index contributed by atoms with van der Waals surface area (Å²) in [7, 11) is 0. The Morgan fingerprint density at radius 2 is 1.84 bits per heavy atom. The van der Waals surface area contributed by atoms with Gasteiger partial charge in [0.05, 0.1) is 11.3 Å². The number of nitrogen functional groups attached to an aromatic ring is 1. The van der Waals surface area contributed by atoms with Gasteiger partial charge in [-0.05, 0) is 36.4 Å². The molecule has 4 nitrogen and oxygen atoms in total. The van der Waals surface area contributed by atoms with Crippen LogP contribution < -0.4 is 5.73 Å². The Kier molecular flexibility index (Phi) is 2.93. The summed E-state index contributed by atoms with van der Waals surface area (Å²) in [5.74, 6) is 0.913. The summed E-state index contributed by atoms with van der Waals surface area (Å²) in [6.45, 7) is 0. The zero-order valence-electron chi connectivity index (χ0n) is 9.88. The van der Waals surface area contributed by atoms with Crippen molar-refractivity contribution in [2.24, 2.45) is 0 Å². The fourth-order valence-electron chi connectivity index (χ4n) is 1.86. The van der Waals surface area contributed by atoms with E-state index >= 15 is 0 Å². The highest BCUT2D eigenvalue weighted by Gasteiger charge is 2.18. The first-order valence-electron chi connectivity index (χ1n) is 5.68. The fraction of sp³-hybridized carbons (Fsp3) is 0. The van der Waals surface area contributed by atoms with Gasteiger partial charge in [-0.2, -0.15) is 0 Å². The van der Waals surface area contributed by atoms with Gasteiger partial charge in [0, 0.05) is 16.8 Å². The number of aromatic nitrogens is 2. The van der Waals surface area contributed by atoms with Crippen LogP contribution in [0.4, 0.5) is 5.82 Å². The second-order valence-electron chi connectivity index (χ2n) is 3.99. The van der Waals surface area contributed by atoms with Crippen molar-refractivity contribution in [1.29, 1.82) is 0 Å². The second kappa shape index (κ2) is 4.74. The molecule has 5 heteroatoms. The van der Waals surface area contributed by atoms with Crippen molar-refractivity contribution in [2.45, 2.75) is 0 Å². The van der Waals surface area contributed by atoms with Crippen LogP contribution in [0.3, 0.4) is 0 Å². The maximum absolute atomic E-state index is 5.88. The Balaban J connectivity index is 2.16. The van der Waals surface area contributed by atoms with Crippen molar-refractivity contribution < 1.29 is 4.52 Å². The van der Waals surface area contributed by atoms with E-state index in [1.807, 2.05) is 30.3 Å². The van der Waals surface area contributed by atoms with E-state index in [0.29, 0.717) is 22.2 Å². The number of hydrogen-bond acceptors (Lipinski definition) is 4. The summed E-state index contributed by atoms with van der Waals surface area (Å²) in [6.07, 6.45) is 1.70. The molecule has 0 unspecified atom stereocenters. The molecule has 0 saturated carbocycles. The lowest BCUT2D eigenvalue weighted by Crippen LogP contribution is -1.90. The molecule has 0 radical (unpaired) electrons. The van der Waals surface area contributed by atoms with E-state index in [-0.39, 0.29) is 0 Å². The van der Waals surface area contributed by atoms with Crippen LogP contribution in [-0.2, 0) is 0 Å². The molecule has 3 aromatic rings. The Morgan fingerprint density at radius 1 is 1.05 bits per heavy atom. The molecule has 2 N–H and O–H groups in total. The van der Waals surface area contributed by atoms with Gasteiger partial charge in [0.25, 0.3) is 0 Å². The quantitative estimate of drug-likeness (QED) is 0.773. The minimum atomic E-state index is 0.323. The number of pyridine rings is 1. The number of benzene rings is 1. The molecule has 0 aliphatic heterocycles. The first-order valence-corrected chi connectivity index (χ1v) is 6.06. The standard InChI is InChI=1S/C14H10ClN3O/c15-10-6-4-9(5-7-10)13-12(14(16)18-19-13)11-3-1-2-8-17-11/h1-8H,(H2,16,18). The van der Waals surface area contributed by atoms with E-state index in [1.165, 1.54) is 0 Å². The summed E-state index contributed by atoms with van der Waals surface area (Å²) >= 11 is 5.88. The van der Waals surface area contributed by atoms with E-state index in [2.05, 4.69) is 10.1 Å². The van der Waals surface area contributed by atoms with Crippen LogP contribution in [0, 0.1) is 0 Å². The lowest BCUT2D eigenvalue weighted by atomic mass is 10.1. The molecule has 94 valence electrons. The molecule has 0 atom stereocenters. The van der Waals surface area contributed by atoms with E-state index in [0.717, 1.165) is 11.3 Å². The highest BCUT2D eigenvalue weighted by Crippen LogP contribution is 2.35. The minimum absolute atomic E-state index is 0.323. The van der Waals surface area contributed by atoms with Gasteiger partial charge < -0.3 is 10.3 Å². The molecule has 2 aromatic heterocycles. The number of rotatable bonds is 2. The van der Waals surface area contributed by atoms with Crippen LogP contribution in [0.2, 0.25) is 5.02 Å². The predicted octanol–water partition coefficient (Wildman–Crippen LogP) is 3.64. The van der Waals surface area contributed by atoms with Gasteiger partial charge in [-0.25, -0.2) is 0 Å². The summed E-state index contributed by atoms with van der Waals surface area (Å²) in [4.78, 5) is 4.28. The number of anilines is 1. The monoisotopic (exact) mass is 271 g/mol. The summed E-state index contributed by atoms with van der Waals surface area (Å²) in [6, 6.07) is 12.9. The highest BCUT2D eigenvalue weighted by atomic mass is 35.5.